The van der Waals surface area contributed by atoms with Crippen molar-refractivity contribution in [2.75, 3.05) is 0 Å². The molecule has 49 heavy (non-hydrogen) atoms. The van der Waals surface area contributed by atoms with E-state index in [1.807, 2.05) is 29.5 Å². The second-order valence-electron chi connectivity index (χ2n) is 12.7. The minimum atomic E-state index is 0.663. The van der Waals surface area contributed by atoms with E-state index in [9.17, 15) is 0 Å². The van der Waals surface area contributed by atoms with Crippen molar-refractivity contribution in [3.8, 4) is 56.4 Å². The van der Waals surface area contributed by atoms with Crippen molar-refractivity contribution >= 4 is 63.8 Å². The Kier molecular flexibility index (Phi) is 5.54. The summed E-state index contributed by atoms with van der Waals surface area (Å²) < 4.78 is 2.53. The van der Waals surface area contributed by atoms with Gasteiger partial charge in [-0.3, -0.25) is 0 Å². The molecule has 0 unspecified atom stereocenters. The molecular formula is C45H25N3S. The third-order valence-electron chi connectivity index (χ3n) is 10.0. The largest absolute Gasteiger partial charge is 0.208 e. The summed E-state index contributed by atoms with van der Waals surface area (Å²) >= 11 is 1.86. The number of hydrogen-bond donors (Lipinski definition) is 0. The molecule has 0 saturated heterocycles. The van der Waals surface area contributed by atoms with Crippen molar-refractivity contribution in [2.45, 2.75) is 0 Å². The van der Waals surface area contributed by atoms with Gasteiger partial charge in [0.05, 0.1) is 0 Å². The van der Waals surface area contributed by atoms with Crippen molar-refractivity contribution in [3.05, 3.63) is 152 Å². The Morgan fingerprint density at radius 1 is 0.367 bits per heavy atom. The van der Waals surface area contributed by atoms with Gasteiger partial charge in [0.1, 0.15) is 0 Å². The summed E-state index contributed by atoms with van der Waals surface area (Å²) in [6.07, 6.45) is 0. The highest BCUT2D eigenvalue weighted by molar-refractivity contribution is 7.26. The molecule has 0 fully saturated rings. The molecule has 4 heteroatoms. The van der Waals surface area contributed by atoms with Crippen molar-refractivity contribution in [1.82, 2.24) is 15.0 Å². The quantitative estimate of drug-likeness (QED) is 0.181. The molecule has 0 radical (unpaired) electrons. The summed E-state index contributed by atoms with van der Waals surface area (Å²) in [4.78, 5) is 15.9. The van der Waals surface area contributed by atoms with Crippen LogP contribution in [0.2, 0.25) is 0 Å². The molecule has 10 aromatic rings. The molecule has 11 rings (SSSR count). The first kappa shape index (κ1) is 26.8. The smallest absolute Gasteiger partial charge is 0.164 e. The average molecular weight is 640 g/mol. The van der Waals surface area contributed by atoms with E-state index < -0.39 is 0 Å². The standard InChI is InChI=1S/C45H25N3S/c1-2-12-27(13-3-1)43-46-44(36-24-28-14-4-5-17-29(28)30-18-6-7-19-31(30)36)48-45(47-43)37-25-35-32-21-10-15-26-16-11-22-34(39(26)32)41(35)42-40(37)33-20-8-9-23-38(33)49-42/h1-25H. The van der Waals surface area contributed by atoms with E-state index in [4.69, 9.17) is 15.0 Å². The minimum absolute atomic E-state index is 0.663. The van der Waals surface area contributed by atoms with Crippen LogP contribution in [0.15, 0.2) is 152 Å². The molecule has 1 aliphatic rings. The third-order valence-corrected chi connectivity index (χ3v) is 11.2. The van der Waals surface area contributed by atoms with Gasteiger partial charge in [-0.05, 0) is 67.2 Å². The predicted octanol–water partition coefficient (Wildman–Crippen LogP) is 12.3. The Morgan fingerprint density at radius 2 is 1.00 bits per heavy atom. The number of thiophene rings is 1. The van der Waals surface area contributed by atoms with Gasteiger partial charge >= 0.3 is 0 Å². The van der Waals surface area contributed by atoms with E-state index in [-0.39, 0.29) is 0 Å². The van der Waals surface area contributed by atoms with E-state index in [0.29, 0.717) is 17.5 Å². The zero-order valence-corrected chi connectivity index (χ0v) is 27.0. The van der Waals surface area contributed by atoms with Gasteiger partial charge in [-0.2, -0.15) is 0 Å². The summed E-state index contributed by atoms with van der Waals surface area (Å²) in [7, 11) is 0. The molecule has 226 valence electrons. The molecule has 0 N–H and O–H groups in total. The van der Waals surface area contributed by atoms with Crippen LogP contribution in [-0.2, 0) is 0 Å². The molecule has 2 aromatic heterocycles. The fourth-order valence-electron chi connectivity index (χ4n) is 7.90. The van der Waals surface area contributed by atoms with E-state index >= 15 is 0 Å². The zero-order chi connectivity index (χ0) is 32.1. The summed E-state index contributed by atoms with van der Waals surface area (Å²) in [6, 6.07) is 54.1. The second kappa shape index (κ2) is 10.1. The molecule has 3 nitrogen and oxygen atoms in total. The van der Waals surface area contributed by atoms with Crippen LogP contribution in [0, 0.1) is 0 Å². The lowest BCUT2D eigenvalue weighted by Gasteiger charge is -2.14. The Labute approximate surface area is 285 Å². The van der Waals surface area contributed by atoms with E-state index in [1.165, 1.54) is 64.0 Å². The lowest BCUT2D eigenvalue weighted by atomic mass is 9.95. The second-order valence-corrected chi connectivity index (χ2v) is 13.8. The Morgan fingerprint density at radius 3 is 1.84 bits per heavy atom. The summed E-state index contributed by atoms with van der Waals surface area (Å²) in [5.74, 6) is 2.02. The number of aromatic nitrogens is 3. The van der Waals surface area contributed by atoms with E-state index in [0.717, 1.165) is 27.5 Å². The molecular weight excluding hydrogens is 615 g/mol. The summed E-state index contributed by atoms with van der Waals surface area (Å²) in [5.41, 5.74) is 8.10. The van der Waals surface area contributed by atoms with Crippen molar-refractivity contribution in [3.63, 3.8) is 0 Å². The topological polar surface area (TPSA) is 38.7 Å². The SMILES string of the molecule is c1ccc(-c2nc(-c3cc4ccccc4c4ccccc34)nc(-c3cc4c(c5sc6ccccc6c35)-c3cccc5cccc-4c35)n2)cc1. The van der Waals surface area contributed by atoms with Gasteiger partial charge in [-0.1, -0.05) is 133 Å². The van der Waals surface area contributed by atoms with E-state index in [1.54, 1.807) is 0 Å². The van der Waals surface area contributed by atoms with Crippen molar-refractivity contribution in [2.24, 2.45) is 0 Å². The van der Waals surface area contributed by atoms with Crippen molar-refractivity contribution < 1.29 is 0 Å². The van der Waals surface area contributed by atoms with Crippen LogP contribution in [0.1, 0.15) is 0 Å². The number of fused-ring (bicyclic) bond motifs is 10. The number of hydrogen-bond acceptors (Lipinski definition) is 4. The highest BCUT2D eigenvalue weighted by atomic mass is 32.1. The first-order valence-corrected chi connectivity index (χ1v) is 17.4. The van der Waals surface area contributed by atoms with E-state index in [2.05, 4.69) is 133 Å². The number of rotatable bonds is 3. The van der Waals surface area contributed by atoms with Crippen LogP contribution >= 0.6 is 11.3 Å². The van der Waals surface area contributed by atoms with Gasteiger partial charge in [0, 0.05) is 42.4 Å². The maximum Gasteiger partial charge on any atom is 0.164 e. The highest BCUT2D eigenvalue weighted by Gasteiger charge is 2.28. The van der Waals surface area contributed by atoms with Gasteiger partial charge in [0.25, 0.3) is 0 Å². The fourth-order valence-corrected chi connectivity index (χ4v) is 9.19. The van der Waals surface area contributed by atoms with Crippen LogP contribution in [0.25, 0.3) is 109 Å². The van der Waals surface area contributed by atoms with Gasteiger partial charge in [0.2, 0.25) is 0 Å². The third kappa shape index (κ3) is 3.86. The first-order valence-electron chi connectivity index (χ1n) is 16.5. The average Bonchev–Trinajstić information content (AvgIpc) is 3.72. The van der Waals surface area contributed by atoms with Crippen LogP contribution in [0.3, 0.4) is 0 Å². The van der Waals surface area contributed by atoms with Gasteiger partial charge in [0.15, 0.2) is 17.5 Å². The summed E-state index contributed by atoms with van der Waals surface area (Å²) in [6.45, 7) is 0. The normalized spacial score (nSPS) is 12.1. The molecule has 1 aliphatic carbocycles. The molecule has 0 spiro atoms. The van der Waals surface area contributed by atoms with Crippen LogP contribution < -0.4 is 0 Å². The number of benzene rings is 8. The molecule has 0 aliphatic heterocycles. The Hall–Kier alpha value is -6.23. The molecule has 2 heterocycles. The molecule has 0 bridgehead atoms. The molecule has 0 atom stereocenters. The molecule has 0 amide bonds. The Balaban J connectivity index is 1.27. The molecule has 0 saturated carbocycles. The van der Waals surface area contributed by atoms with Gasteiger partial charge < -0.3 is 0 Å². The minimum Gasteiger partial charge on any atom is -0.208 e. The van der Waals surface area contributed by atoms with Crippen LogP contribution in [0.5, 0.6) is 0 Å². The Bertz CT molecular complexity index is 2990. The molecule has 8 aromatic carbocycles. The monoisotopic (exact) mass is 639 g/mol. The highest BCUT2D eigenvalue weighted by Crippen LogP contribution is 2.55. The predicted molar refractivity (Wildman–Crippen MR) is 206 cm³/mol. The zero-order valence-electron chi connectivity index (χ0n) is 26.2. The maximum atomic E-state index is 5.40. The lowest BCUT2D eigenvalue weighted by molar-refractivity contribution is 1.08. The fraction of sp³-hybridized carbons (Fsp3) is 0. The maximum absolute atomic E-state index is 5.40. The first-order chi connectivity index (χ1) is 24.3. The van der Waals surface area contributed by atoms with Crippen molar-refractivity contribution in [1.29, 1.82) is 0 Å². The van der Waals surface area contributed by atoms with Gasteiger partial charge in [-0.25, -0.2) is 15.0 Å². The number of nitrogens with zero attached hydrogens (tertiary/aromatic N) is 3. The lowest BCUT2D eigenvalue weighted by Crippen LogP contribution is -2.01. The van der Waals surface area contributed by atoms with Gasteiger partial charge in [-0.15, -0.1) is 11.3 Å². The summed E-state index contributed by atoms with van der Waals surface area (Å²) in [5, 5.41) is 9.70. The van der Waals surface area contributed by atoms with Crippen LogP contribution in [0.4, 0.5) is 0 Å². The van der Waals surface area contributed by atoms with Crippen LogP contribution in [-0.4, -0.2) is 15.0 Å².